The molecule has 0 spiro atoms. The maximum atomic E-state index is 9.70. The van der Waals surface area contributed by atoms with Gasteiger partial charge in [-0.2, -0.15) is 0 Å². The van der Waals surface area contributed by atoms with E-state index in [0.717, 1.165) is 6.42 Å². The molecule has 0 aliphatic carbocycles. The molecule has 1 heterocycles. The molecule has 3 nitrogen and oxygen atoms in total. The van der Waals surface area contributed by atoms with Crippen molar-refractivity contribution in [2.24, 2.45) is 5.92 Å². The SMILES string of the molecule is CCC(C)C(O)c1ccncn1. The van der Waals surface area contributed by atoms with Crippen LogP contribution >= 0.6 is 0 Å². The molecule has 12 heavy (non-hydrogen) atoms. The van der Waals surface area contributed by atoms with Gasteiger partial charge in [0.15, 0.2) is 0 Å². The molecule has 0 amide bonds. The number of hydrogen-bond acceptors (Lipinski definition) is 3. The van der Waals surface area contributed by atoms with E-state index in [4.69, 9.17) is 0 Å². The Morgan fingerprint density at radius 3 is 2.83 bits per heavy atom. The molecular weight excluding hydrogens is 152 g/mol. The van der Waals surface area contributed by atoms with Crippen LogP contribution in [0.1, 0.15) is 32.1 Å². The minimum absolute atomic E-state index is 0.250. The fourth-order valence-corrected chi connectivity index (χ4v) is 0.991. The van der Waals surface area contributed by atoms with Crippen LogP contribution in [0.15, 0.2) is 18.6 Å². The predicted molar refractivity (Wildman–Crippen MR) is 46.4 cm³/mol. The molecule has 2 unspecified atom stereocenters. The summed E-state index contributed by atoms with van der Waals surface area (Å²) < 4.78 is 0. The number of nitrogens with zero attached hydrogens (tertiary/aromatic N) is 2. The summed E-state index contributed by atoms with van der Waals surface area (Å²) in [5, 5.41) is 9.70. The topological polar surface area (TPSA) is 46.0 Å². The second kappa shape index (κ2) is 4.16. The molecule has 0 radical (unpaired) electrons. The van der Waals surface area contributed by atoms with E-state index in [0.29, 0.717) is 5.69 Å². The molecule has 0 fully saturated rings. The van der Waals surface area contributed by atoms with Crippen molar-refractivity contribution in [2.75, 3.05) is 0 Å². The van der Waals surface area contributed by atoms with Crippen molar-refractivity contribution in [2.45, 2.75) is 26.4 Å². The van der Waals surface area contributed by atoms with Gasteiger partial charge in [-0.15, -0.1) is 0 Å². The van der Waals surface area contributed by atoms with E-state index >= 15 is 0 Å². The molecule has 0 saturated heterocycles. The minimum atomic E-state index is -0.460. The van der Waals surface area contributed by atoms with Gasteiger partial charge in [0.25, 0.3) is 0 Å². The van der Waals surface area contributed by atoms with Crippen molar-refractivity contribution >= 4 is 0 Å². The van der Waals surface area contributed by atoms with Crippen LogP contribution in [0.5, 0.6) is 0 Å². The molecule has 0 aromatic carbocycles. The van der Waals surface area contributed by atoms with E-state index in [1.807, 2.05) is 6.92 Å². The summed E-state index contributed by atoms with van der Waals surface area (Å²) in [6.45, 7) is 4.06. The first-order valence-electron chi connectivity index (χ1n) is 4.19. The molecule has 3 heteroatoms. The first-order valence-corrected chi connectivity index (χ1v) is 4.19. The van der Waals surface area contributed by atoms with E-state index < -0.39 is 6.10 Å². The monoisotopic (exact) mass is 166 g/mol. The lowest BCUT2D eigenvalue weighted by molar-refractivity contribution is 0.111. The third kappa shape index (κ3) is 2.01. The summed E-state index contributed by atoms with van der Waals surface area (Å²) in [7, 11) is 0. The Hall–Kier alpha value is -0.960. The van der Waals surface area contributed by atoms with Gasteiger partial charge in [-0.1, -0.05) is 20.3 Å². The highest BCUT2D eigenvalue weighted by Crippen LogP contribution is 2.21. The Labute approximate surface area is 72.5 Å². The Morgan fingerprint density at radius 2 is 2.33 bits per heavy atom. The van der Waals surface area contributed by atoms with E-state index in [1.54, 1.807) is 12.3 Å². The van der Waals surface area contributed by atoms with Crippen LogP contribution in [-0.4, -0.2) is 15.1 Å². The number of hydrogen-bond donors (Lipinski definition) is 1. The van der Waals surface area contributed by atoms with Gasteiger partial charge in [-0.25, -0.2) is 9.97 Å². The molecule has 1 aromatic heterocycles. The van der Waals surface area contributed by atoms with Crippen molar-refractivity contribution in [3.8, 4) is 0 Å². The van der Waals surface area contributed by atoms with Gasteiger partial charge in [0.1, 0.15) is 6.33 Å². The van der Waals surface area contributed by atoms with E-state index in [-0.39, 0.29) is 5.92 Å². The Bertz CT molecular complexity index is 225. The maximum absolute atomic E-state index is 9.70. The molecule has 2 atom stereocenters. The fraction of sp³-hybridized carbons (Fsp3) is 0.556. The summed E-state index contributed by atoms with van der Waals surface area (Å²) in [6.07, 6.45) is 3.60. The highest BCUT2D eigenvalue weighted by molar-refractivity contribution is 5.02. The van der Waals surface area contributed by atoms with Gasteiger partial charge < -0.3 is 5.11 Å². The van der Waals surface area contributed by atoms with Crippen LogP contribution in [0.2, 0.25) is 0 Å². The third-order valence-electron chi connectivity index (χ3n) is 2.09. The van der Waals surface area contributed by atoms with Crippen LogP contribution < -0.4 is 0 Å². The first-order chi connectivity index (χ1) is 5.75. The highest BCUT2D eigenvalue weighted by Gasteiger charge is 2.14. The number of aliphatic hydroxyl groups is 1. The lowest BCUT2D eigenvalue weighted by atomic mass is 9.99. The van der Waals surface area contributed by atoms with Crippen molar-refractivity contribution in [3.63, 3.8) is 0 Å². The molecule has 0 bridgehead atoms. The van der Waals surface area contributed by atoms with Crippen LogP contribution in [0.4, 0.5) is 0 Å². The average Bonchev–Trinajstić information content (AvgIpc) is 2.17. The van der Waals surface area contributed by atoms with E-state index in [2.05, 4.69) is 16.9 Å². The van der Waals surface area contributed by atoms with Gasteiger partial charge in [0.2, 0.25) is 0 Å². The largest absolute Gasteiger partial charge is 0.387 e. The molecule has 0 saturated carbocycles. The number of rotatable bonds is 3. The van der Waals surface area contributed by atoms with Crippen LogP contribution in [0.3, 0.4) is 0 Å². The highest BCUT2D eigenvalue weighted by atomic mass is 16.3. The molecule has 66 valence electrons. The molecule has 0 aliphatic heterocycles. The Balaban J connectivity index is 2.71. The van der Waals surface area contributed by atoms with Crippen LogP contribution in [-0.2, 0) is 0 Å². The maximum Gasteiger partial charge on any atom is 0.115 e. The fourth-order valence-electron chi connectivity index (χ4n) is 0.991. The quantitative estimate of drug-likeness (QED) is 0.741. The third-order valence-corrected chi connectivity index (χ3v) is 2.09. The lowest BCUT2D eigenvalue weighted by Crippen LogP contribution is -2.09. The molecule has 1 aromatic rings. The molecular formula is C9H14N2O. The van der Waals surface area contributed by atoms with Gasteiger partial charge in [-0.05, 0) is 12.0 Å². The van der Waals surface area contributed by atoms with Crippen LogP contribution in [0, 0.1) is 5.92 Å². The van der Waals surface area contributed by atoms with Gasteiger partial charge in [0, 0.05) is 6.20 Å². The second-order valence-corrected chi connectivity index (χ2v) is 2.96. The molecule has 1 N–H and O–H groups in total. The average molecular weight is 166 g/mol. The number of aliphatic hydroxyl groups excluding tert-OH is 1. The van der Waals surface area contributed by atoms with Crippen molar-refractivity contribution in [3.05, 3.63) is 24.3 Å². The summed E-state index contributed by atoms with van der Waals surface area (Å²) in [6, 6.07) is 1.75. The number of aromatic nitrogens is 2. The van der Waals surface area contributed by atoms with Gasteiger partial charge in [0.05, 0.1) is 11.8 Å². The van der Waals surface area contributed by atoms with Gasteiger partial charge >= 0.3 is 0 Å². The zero-order valence-corrected chi connectivity index (χ0v) is 7.44. The summed E-state index contributed by atoms with van der Waals surface area (Å²) in [5.41, 5.74) is 0.708. The molecule has 1 rings (SSSR count). The van der Waals surface area contributed by atoms with E-state index in [9.17, 15) is 5.11 Å². The summed E-state index contributed by atoms with van der Waals surface area (Å²) in [5.74, 6) is 0.250. The zero-order chi connectivity index (χ0) is 8.97. The smallest absolute Gasteiger partial charge is 0.115 e. The molecule has 0 aliphatic rings. The predicted octanol–water partition coefficient (Wildman–Crippen LogP) is 1.56. The van der Waals surface area contributed by atoms with Gasteiger partial charge in [-0.3, -0.25) is 0 Å². The van der Waals surface area contributed by atoms with Crippen molar-refractivity contribution in [1.29, 1.82) is 0 Å². The normalized spacial score (nSPS) is 15.6. The first kappa shape index (κ1) is 9.13. The summed E-state index contributed by atoms with van der Waals surface area (Å²) in [4.78, 5) is 7.78. The van der Waals surface area contributed by atoms with Crippen molar-refractivity contribution in [1.82, 2.24) is 9.97 Å². The van der Waals surface area contributed by atoms with E-state index in [1.165, 1.54) is 6.33 Å². The lowest BCUT2D eigenvalue weighted by Gasteiger charge is -2.15. The van der Waals surface area contributed by atoms with Crippen LogP contribution in [0.25, 0.3) is 0 Å². The minimum Gasteiger partial charge on any atom is -0.387 e. The Kier molecular flexibility index (Phi) is 3.17. The second-order valence-electron chi connectivity index (χ2n) is 2.96. The zero-order valence-electron chi connectivity index (χ0n) is 7.44. The Morgan fingerprint density at radius 1 is 1.58 bits per heavy atom. The summed E-state index contributed by atoms with van der Waals surface area (Å²) >= 11 is 0. The standard InChI is InChI=1S/C9H14N2O/c1-3-7(2)9(12)8-4-5-10-6-11-8/h4-7,9,12H,3H2,1-2H3. The van der Waals surface area contributed by atoms with Crippen molar-refractivity contribution < 1.29 is 5.11 Å².